The first-order chi connectivity index (χ1) is 21.7. The number of benzene rings is 3. The van der Waals surface area contributed by atoms with Crippen molar-refractivity contribution in [3.8, 4) is 5.75 Å². The van der Waals surface area contributed by atoms with Crippen molar-refractivity contribution >= 4 is 35.1 Å². The molecule has 3 aromatic carbocycles. The van der Waals surface area contributed by atoms with Crippen LogP contribution in [-0.2, 0) is 16.5 Å². The van der Waals surface area contributed by atoms with Crippen LogP contribution in [-0.4, -0.2) is 64.9 Å². The number of carbonyl (C=O) groups excluding carboxylic acids is 1. The van der Waals surface area contributed by atoms with Crippen molar-refractivity contribution in [1.82, 2.24) is 14.7 Å². The topological polar surface area (TPSA) is 48.4 Å². The predicted octanol–water partition coefficient (Wildman–Crippen LogP) is 8.87. The van der Waals surface area contributed by atoms with Gasteiger partial charge in [0.1, 0.15) is 22.7 Å². The Morgan fingerprint density at radius 2 is 1.54 bits per heavy atom. The monoisotopic (exact) mass is 660 g/mol. The molecule has 0 N–H and O–H groups in total. The summed E-state index contributed by atoms with van der Waals surface area (Å²) >= 11 is 12.8. The Kier molecular flexibility index (Phi) is 8.71. The summed E-state index contributed by atoms with van der Waals surface area (Å²) in [6.07, 6.45) is 2.22. The zero-order valence-corrected chi connectivity index (χ0v) is 29.6. The van der Waals surface area contributed by atoms with E-state index < -0.39 is 11.1 Å². The summed E-state index contributed by atoms with van der Waals surface area (Å²) in [6.45, 7) is 18.3. The van der Waals surface area contributed by atoms with Crippen LogP contribution >= 0.6 is 23.2 Å². The first-order valence-electron chi connectivity index (χ1n) is 16.5. The number of urea groups is 1. The van der Waals surface area contributed by atoms with Gasteiger partial charge in [0.2, 0.25) is 0 Å². The second-order valence-corrected chi connectivity index (χ2v) is 15.5. The van der Waals surface area contributed by atoms with E-state index in [0.717, 1.165) is 47.5 Å². The lowest BCUT2D eigenvalue weighted by molar-refractivity contribution is 0.0759. The van der Waals surface area contributed by atoms with Crippen molar-refractivity contribution in [3.63, 3.8) is 0 Å². The fourth-order valence-corrected chi connectivity index (χ4v) is 7.65. The molecule has 0 saturated carbocycles. The van der Waals surface area contributed by atoms with Crippen LogP contribution in [0.2, 0.25) is 10.0 Å². The van der Waals surface area contributed by atoms with Crippen LogP contribution in [0.25, 0.3) is 0 Å². The minimum atomic E-state index is -0.928. The number of rotatable bonds is 5. The van der Waals surface area contributed by atoms with Gasteiger partial charge >= 0.3 is 6.03 Å². The molecule has 0 aromatic heterocycles. The standard InChI is InChI=1S/C38H46Cl2N4O2/c1-25(2)46-33-23-28(36(3,4)5)14-19-32(33)34-41-37(6,26-10-15-29(39)16-11-26)38(7,27-12-17-30(40)18-13-27)44(34)35(45)43-22-21-42-20-8-9-31(42)24-43/h10-19,23,25,31H,8-9,20-22,24H2,1-7H3/t31?,37-,38+/m0/s1. The van der Waals surface area contributed by atoms with Gasteiger partial charge in [0.25, 0.3) is 0 Å². The Bertz CT molecular complexity index is 1630. The number of nitrogens with zero attached hydrogens (tertiary/aromatic N) is 4. The number of halogens is 2. The number of hydrogen-bond donors (Lipinski definition) is 0. The van der Waals surface area contributed by atoms with Gasteiger partial charge in [-0.25, -0.2) is 4.79 Å². The molecular formula is C38H46Cl2N4O2. The summed E-state index contributed by atoms with van der Waals surface area (Å²) in [7, 11) is 0. The summed E-state index contributed by atoms with van der Waals surface area (Å²) in [6, 6.07) is 22.4. The molecule has 6 nitrogen and oxygen atoms in total. The van der Waals surface area contributed by atoms with Crippen molar-refractivity contribution in [2.24, 2.45) is 4.99 Å². The van der Waals surface area contributed by atoms with Crippen molar-refractivity contribution in [3.05, 3.63) is 99.0 Å². The Hall–Kier alpha value is -3.06. The van der Waals surface area contributed by atoms with E-state index in [1.807, 2.05) is 72.2 Å². The summed E-state index contributed by atoms with van der Waals surface area (Å²) in [5.41, 5.74) is 1.95. The SMILES string of the molecule is CC(C)Oc1cc(C(C)(C)C)ccc1C1=N[C@@](C)(c2ccc(Cl)cc2)[C@@](C)(c2ccc(Cl)cc2)N1C(=O)N1CCN2CCCC2C1. The minimum Gasteiger partial charge on any atom is -0.490 e. The molecule has 0 aliphatic carbocycles. The van der Waals surface area contributed by atoms with Crippen LogP contribution in [0.1, 0.15) is 83.6 Å². The largest absolute Gasteiger partial charge is 0.490 e. The maximum Gasteiger partial charge on any atom is 0.326 e. The molecule has 3 aromatic rings. The highest BCUT2D eigenvalue weighted by molar-refractivity contribution is 6.30. The molecule has 2 fully saturated rings. The van der Waals surface area contributed by atoms with Crippen molar-refractivity contribution in [1.29, 1.82) is 0 Å². The van der Waals surface area contributed by atoms with Gasteiger partial charge in [-0.05, 0) is 106 Å². The van der Waals surface area contributed by atoms with Crippen LogP contribution in [0, 0.1) is 0 Å². The van der Waals surface area contributed by atoms with Gasteiger partial charge in [-0.1, -0.05) is 74.3 Å². The van der Waals surface area contributed by atoms with Crippen LogP contribution in [0.5, 0.6) is 5.75 Å². The third kappa shape index (κ3) is 5.71. The predicted molar refractivity (Wildman–Crippen MR) is 188 cm³/mol. The number of ether oxygens (including phenoxy) is 1. The molecule has 6 rings (SSSR count). The van der Waals surface area contributed by atoms with E-state index >= 15 is 4.79 Å². The zero-order valence-electron chi connectivity index (χ0n) is 28.1. The molecule has 1 unspecified atom stereocenters. The normalized spacial score (nSPS) is 25.2. The number of hydrogen-bond acceptors (Lipinski definition) is 4. The highest BCUT2D eigenvalue weighted by Gasteiger charge is 2.60. The molecule has 3 aliphatic heterocycles. The van der Waals surface area contributed by atoms with Crippen molar-refractivity contribution in [2.45, 2.75) is 89.9 Å². The van der Waals surface area contributed by atoms with Gasteiger partial charge in [0.05, 0.1) is 11.7 Å². The van der Waals surface area contributed by atoms with Gasteiger partial charge in [-0.15, -0.1) is 0 Å². The number of amides is 2. The van der Waals surface area contributed by atoms with E-state index in [2.05, 4.69) is 57.7 Å². The highest BCUT2D eigenvalue weighted by atomic mass is 35.5. The first-order valence-corrected chi connectivity index (χ1v) is 17.2. The van der Waals surface area contributed by atoms with Crippen LogP contribution in [0.3, 0.4) is 0 Å². The number of piperazine rings is 1. The smallest absolute Gasteiger partial charge is 0.326 e. The Balaban J connectivity index is 1.60. The number of carbonyl (C=O) groups is 1. The van der Waals surface area contributed by atoms with Gasteiger partial charge in [-0.3, -0.25) is 14.8 Å². The third-order valence-corrected chi connectivity index (χ3v) is 10.8. The maximum atomic E-state index is 15.2. The molecule has 2 saturated heterocycles. The third-order valence-electron chi connectivity index (χ3n) is 10.2. The van der Waals surface area contributed by atoms with E-state index in [0.29, 0.717) is 35.0 Å². The van der Waals surface area contributed by atoms with Gasteiger partial charge in [0.15, 0.2) is 0 Å². The summed E-state index contributed by atoms with van der Waals surface area (Å²) < 4.78 is 6.53. The lowest BCUT2D eigenvalue weighted by atomic mass is 9.71. The van der Waals surface area contributed by atoms with E-state index in [4.69, 9.17) is 32.9 Å². The van der Waals surface area contributed by atoms with Gasteiger partial charge < -0.3 is 9.64 Å². The summed E-state index contributed by atoms with van der Waals surface area (Å²) in [5, 5.41) is 1.29. The molecular weight excluding hydrogens is 615 g/mol. The van der Waals surface area contributed by atoms with Gasteiger partial charge in [-0.2, -0.15) is 0 Å². The molecule has 3 atom stereocenters. The average Bonchev–Trinajstić information content (AvgIpc) is 3.57. The zero-order chi connectivity index (χ0) is 33.0. The molecule has 8 heteroatoms. The Labute approximate surface area is 284 Å². The molecule has 3 heterocycles. The number of aliphatic imine (C=N–C) groups is 1. The minimum absolute atomic E-state index is 0.0455. The molecule has 0 radical (unpaired) electrons. The number of amidine groups is 1. The second-order valence-electron chi connectivity index (χ2n) is 14.6. The fourth-order valence-electron chi connectivity index (χ4n) is 7.40. The van der Waals surface area contributed by atoms with E-state index in [1.165, 1.54) is 6.42 Å². The van der Waals surface area contributed by atoms with E-state index in [-0.39, 0.29) is 17.6 Å². The van der Waals surface area contributed by atoms with Crippen LogP contribution in [0.15, 0.2) is 71.7 Å². The molecule has 0 bridgehead atoms. The maximum absolute atomic E-state index is 15.2. The van der Waals surface area contributed by atoms with E-state index in [1.54, 1.807) is 0 Å². The summed E-state index contributed by atoms with van der Waals surface area (Å²) in [5.74, 6) is 1.32. The Morgan fingerprint density at radius 1 is 0.913 bits per heavy atom. The lowest BCUT2D eigenvalue weighted by Gasteiger charge is -2.48. The van der Waals surface area contributed by atoms with Crippen LogP contribution < -0.4 is 4.74 Å². The Morgan fingerprint density at radius 3 is 2.15 bits per heavy atom. The molecule has 3 aliphatic rings. The molecule has 2 amide bonds. The van der Waals surface area contributed by atoms with Crippen LogP contribution in [0.4, 0.5) is 4.79 Å². The summed E-state index contributed by atoms with van der Waals surface area (Å²) in [4.78, 5) is 27.3. The number of fused-ring (bicyclic) bond motifs is 1. The van der Waals surface area contributed by atoms with E-state index in [9.17, 15) is 0 Å². The molecule has 244 valence electrons. The van der Waals surface area contributed by atoms with Gasteiger partial charge in [0, 0.05) is 35.7 Å². The second kappa shape index (κ2) is 12.2. The lowest BCUT2D eigenvalue weighted by Crippen LogP contribution is -2.61. The van der Waals surface area contributed by atoms with Crippen molar-refractivity contribution < 1.29 is 9.53 Å². The molecule has 0 spiro atoms. The quantitative estimate of drug-likeness (QED) is 0.275. The highest BCUT2D eigenvalue weighted by Crippen LogP contribution is 2.54. The first kappa shape index (κ1) is 32.9. The van der Waals surface area contributed by atoms with Crippen molar-refractivity contribution in [2.75, 3.05) is 26.2 Å². The fraction of sp³-hybridized carbons (Fsp3) is 0.474. The molecule has 46 heavy (non-hydrogen) atoms. The average molecular weight is 662 g/mol.